The Morgan fingerprint density at radius 1 is 1.29 bits per heavy atom. The molecule has 1 aliphatic heterocycles. The van der Waals surface area contributed by atoms with E-state index in [0.717, 1.165) is 13.5 Å². The molecular weight excluding hydrogens is 190 g/mol. The fourth-order valence-electron chi connectivity index (χ4n) is 1.60. The van der Waals surface area contributed by atoms with Crippen molar-refractivity contribution in [1.29, 1.82) is 0 Å². The summed E-state index contributed by atoms with van der Waals surface area (Å²) < 4.78 is 27.6. The van der Waals surface area contributed by atoms with Crippen LogP contribution in [-0.2, 0) is 19.0 Å². The second-order valence-corrected chi connectivity index (χ2v) is 3.72. The Balaban J connectivity index is 2.38. The number of hydrogen-bond donors (Lipinski definition) is 0. The van der Waals surface area contributed by atoms with E-state index in [1.165, 1.54) is 4.57 Å². The number of hydrogen-bond acceptors (Lipinski definition) is 3. The van der Waals surface area contributed by atoms with E-state index in [2.05, 4.69) is 10.2 Å². The fraction of sp³-hybridized carbons (Fsp3) is 0.750. The number of aromatic nitrogens is 3. The van der Waals surface area contributed by atoms with Crippen LogP contribution in [0.15, 0.2) is 0 Å². The first-order valence-electron chi connectivity index (χ1n) is 4.47. The lowest BCUT2D eigenvalue weighted by atomic mass is 10.3. The van der Waals surface area contributed by atoms with Crippen molar-refractivity contribution in [1.82, 2.24) is 19.7 Å². The van der Waals surface area contributed by atoms with Gasteiger partial charge >= 0.3 is 5.92 Å². The second kappa shape index (κ2) is 2.98. The maximum Gasteiger partial charge on any atom is 0.304 e. The van der Waals surface area contributed by atoms with Crippen LogP contribution in [0.5, 0.6) is 0 Å². The highest BCUT2D eigenvalue weighted by Gasteiger charge is 2.33. The molecule has 14 heavy (non-hydrogen) atoms. The van der Waals surface area contributed by atoms with Crippen molar-refractivity contribution in [3.05, 3.63) is 11.6 Å². The van der Waals surface area contributed by atoms with Gasteiger partial charge in [-0.1, -0.05) is 0 Å². The van der Waals surface area contributed by atoms with Gasteiger partial charge in [0.15, 0.2) is 0 Å². The third-order valence-electron chi connectivity index (χ3n) is 2.34. The molecule has 4 nitrogen and oxygen atoms in total. The summed E-state index contributed by atoms with van der Waals surface area (Å²) in [5.74, 6) is -2.50. The number of alkyl halides is 2. The van der Waals surface area contributed by atoms with Gasteiger partial charge in [0.1, 0.15) is 5.82 Å². The topological polar surface area (TPSA) is 34.0 Å². The molecule has 1 aromatic rings. The first-order valence-corrected chi connectivity index (χ1v) is 4.47. The van der Waals surface area contributed by atoms with Crippen molar-refractivity contribution < 1.29 is 8.78 Å². The predicted molar refractivity (Wildman–Crippen MR) is 45.9 cm³/mol. The summed E-state index contributed by atoms with van der Waals surface area (Å²) in [6.45, 7) is 2.73. The molecule has 0 radical (unpaired) electrons. The minimum atomic E-state index is -2.90. The zero-order valence-corrected chi connectivity index (χ0v) is 8.17. The lowest BCUT2D eigenvalue weighted by molar-refractivity contribution is 0.00234. The first kappa shape index (κ1) is 9.51. The average molecular weight is 202 g/mol. The zero-order valence-electron chi connectivity index (χ0n) is 8.17. The summed E-state index contributed by atoms with van der Waals surface area (Å²) in [7, 11) is 1.93. The van der Waals surface area contributed by atoms with E-state index in [9.17, 15) is 8.78 Å². The third-order valence-corrected chi connectivity index (χ3v) is 2.34. The van der Waals surface area contributed by atoms with Crippen LogP contribution in [0.1, 0.15) is 18.6 Å². The molecule has 0 saturated carbocycles. The third kappa shape index (κ3) is 1.50. The molecule has 78 valence electrons. The minimum Gasteiger partial charge on any atom is -0.308 e. The maximum absolute atomic E-state index is 13.0. The van der Waals surface area contributed by atoms with Gasteiger partial charge in [-0.15, -0.1) is 10.2 Å². The Morgan fingerprint density at radius 3 is 2.64 bits per heavy atom. The lowest BCUT2D eigenvalue weighted by Crippen LogP contribution is -2.32. The highest BCUT2D eigenvalue weighted by Crippen LogP contribution is 2.26. The Morgan fingerprint density at radius 2 is 2.00 bits per heavy atom. The van der Waals surface area contributed by atoms with Crippen LogP contribution in [0.2, 0.25) is 0 Å². The summed E-state index contributed by atoms with van der Waals surface area (Å²) in [6, 6.07) is 0. The fourth-order valence-corrected chi connectivity index (χ4v) is 1.60. The molecule has 0 fully saturated rings. The van der Waals surface area contributed by atoms with Crippen molar-refractivity contribution in [2.45, 2.75) is 25.9 Å². The van der Waals surface area contributed by atoms with Crippen LogP contribution in [-0.4, -0.2) is 33.3 Å². The molecule has 1 aliphatic rings. The molecular formula is C8H12F2N4. The van der Waals surface area contributed by atoms with Crippen molar-refractivity contribution in [3.63, 3.8) is 0 Å². The molecule has 0 saturated heterocycles. The molecule has 2 rings (SSSR count). The van der Waals surface area contributed by atoms with Crippen molar-refractivity contribution >= 4 is 0 Å². The van der Waals surface area contributed by atoms with E-state index < -0.39 is 5.92 Å². The molecule has 0 spiro atoms. The van der Waals surface area contributed by atoms with Crippen LogP contribution in [0.4, 0.5) is 8.78 Å². The van der Waals surface area contributed by atoms with Crippen LogP contribution in [0.3, 0.4) is 0 Å². The normalized spacial score (nSPS) is 18.3. The smallest absolute Gasteiger partial charge is 0.304 e. The van der Waals surface area contributed by atoms with Gasteiger partial charge < -0.3 is 4.57 Å². The van der Waals surface area contributed by atoms with E-state index in [1.807, 2.05) is 11.9 Å². The number of rotatable bonds is 1. The Hall–Kier alpha value is -1.04. The minimum absolute atomic E-state index is 0.222. The molecule has 0 aliphatic carbocycles. The molecule has 0 unspecified atom stereocenters. The molecule has 0 aromatic carbocycles. The predicted octanol–water partition coefficient (Wildman–Crippen LogP) is 0.835. The van der Waals surface area contributed by atoms with Crippen LogP contribution in [0.25, 0.3) is 0 Å². The Kier molecular flexibility index (Phi) is 2.02. The highest BCUT2D eigenvalue weighted by atomic mass is 19.3. The van der Waals surface area contributed by atoms with Gasteiger partial charge in [-0.3, -0.25) is 4.90 Å². The van der Waals surface area contributed by atoms with Crippen LogP contribution >= 0.6 is 0 Å². The summed E-state index contributed by atoms with van der Waals surface area (Å²) in [4.78, 5) is 2.03. The molecule has 2 heterocycles. The molecule has 1 aromatic heterocycles. The van der Waals surface area contributed by atoms with Crippen molar-refractivity contribution in [2.24, 2.45) is 0 Å². The lowest BCUT2D eigenvalue weighted by Gasteiger charge is -2.24. The Bertz CT molecular complexity index is 342. The maximum atomic E-state index is 13.0. The Labute approximate surface area is 80.5 Å². The molecule has 0 N–H and O–H groups in total. The zero-order chi connectivity index (χ0) is 10.3. The van der Waals surface area contributed by atoms with Crippen LogP contribution in [0, 0.1) is 0 Å². The van der Waals surface area contributed by atoms with Gasteiger partial charge in [0.05, 0.1) is 6.54 Å². The van der Waals surface area contributed by atoms with Gasteiger partial charge in [0.2, 0.25) is 5.82 Å². The SMILES string of the molecule is CN1CCn2c(nnc2C(C)(F)F)C1. The first-order chi connectivity index (χ1) is 6.48. The summed E-state index contributed by atoms with van der Waals surface area (Å²) in [6.07, 6.45) is 0. The average Bonchev–Trinajstić information content (AvgIpc) is 2.45. The highest BCUT2D eigenvalue weighted by molar-refractivity contribution is 5.03. The summed E-state index contributed by atoms with van der Waals surface area (Å²) in [5.41, 5.74) is 0. The molecule has 6 heteroatoms. The van der Waals surface area contributed by atoms with E-state index in [0.29, 0.717) is 18.9 Å². The quantitative estimate of drug-likeness (QED) is 0.676. The van der Waals surface area contributed by atoms with Gasteiger partial charge in [-0.05, 0) is 7.05 Å². The van der Waals surface area contributed by atoms with Gasteiger partial charge in [-0.25, -0.2) is 0 Å². The van der Waals surface area contributed by atoms with E-state index in [-0.39, 0.29) is 5.82 Å². The monoisotopic (exact) mass is 202 g/mol. The van der Waals surface area contributed by atoms with E-state index >= 15 is 0 Å². The number of fused-ring (bicyclic) bond motifs is 1. The molecule has 0 bridgehead atoms. The van der Waals surface area contributed by atoms with E-state index in [1.54, 1.807) is 0 Å². The number of nitrogens with zero attached hydrogens (tertiary/aromatic N) is 4. The summed E-state index contributed by atoms with van der Waals surface area (Å²) >= 11 is 0. The van der Waals surface area contributed by atoms with Crippen molar-refractivity contribution in [2.75, 3.05) is 13.6 Å². The number of likely N-dealkylation sites (N-methyl/N-ethyl adjacent to an activating group) is 1. The molecule has 0 atom stereocenters. The standard InChI is InChI=1S/C8H12F2N4/c1-8(9,10)7-12-11-6-5-13(2)3-4-14(6)7/h3-5H2,1-2H3. The van der Waals surface area contributed by atoms with E-state index in [4.69, 9.17) is 0 Å². The van der Waals surface area contributed by atoms with Crippen LogP contribution < -0.4 is 0 Å². The largest absolute Gasteiger partial charge is 0.308 e. The molecule has 0 amide bonds. The summed E-state index contributed by atoms with van der Waals surface area (Å²) in [5, 5.41) is 7.30. The number of halogens is 2. The van der Waals surface area contributed by atoms with Gasteiger partial charge in [-0.2, -0.15) is 8.78 Å². The van der Waals surface area contributed by atoms with Gasteiger partial charge in [0.25, 0.3) is 0 Å². The van der Waals surface area contributed by atoms with Crippen molar-refractivity contribution in [3.8, 4) is 0 Å². The second-order valence-electron chi connectivity index (χ2n) is 3.72. The van der Waals surface area contributed by atoms with Gasteiger partial charge in [0, 0.05) is 20.0 Å².